The van der Waals surface area contributed by atoms with E-state index in [9.17, 15) is 4.79 Å². The maximum Gasteiger partial charge on any atom is 0.253 e. The standard InChI is InChI=1S/C14H19ClN2O2/c1-11-2-3-12(13(15)10-11)14(18)16-4-5-17-6-8-19-9-7-17/h2-3,10H,4-9H2,1H3,(H,16,18)/p+1. The van der Waals surface area contributed by atoms with Gasteiger partial charge < -0.3 is 15.0 Å². The van der Waals surface area contributed by atoms with Crippen LogP contribution in [0.1, 0.15) is 15.9 Å². The highest BCUT2D eigenvalue weighted by Crippen LogP contribution is 2.17. The van der Waals surface area contributed by atoms with Gasteiger partial charge in [-0.25, -0.2) is 0 Å². The lowest BCUT2D eigenvalue weighted by molar-refractivity contribution is -0.906. The Bertz CT molecular complexity index is 445. The van der Waals surface area contributed by atoms with Crippen molar-refractivity contribution in [2.75, 3.05) is 39.4 Å². The number of halogens is 1. The van der Waals surface area contributed by atoms with E-state index in [1.807, 2.05) is 19.1 Å². The number of morpholine rings is 1. The number of hydrogen-bond acceptors (Lipinski definition) is 2. The first-order chi connectivity index (χ1) is 9.16. The van der Waals surface area contributed by atoms with Crippen LogP contribution in [0.15, 0.2) is 18.2 Å². The van der Waals surface area contributed by atoms with Crippen LogP contribution in [0.2, 0.25) is 5.02 Å². The largest absolute Gasteiger partial charge is 0.370 e. The van der Waals surface area contributed by atoms with Gasteiger partial charge >= 0.3 is 0 Å². The fourth-order valence-electron chi connectivity index (χ4n) is 2.16. The van der Waals surface area contributed by atoms with Gasteiger partial charge in [-0.05, 0) is 24.6 Å². The van der Waals surface area contributed by atoms with Crippen molar-refractivity contribution in [3.8, 4) is 0 Å². The summed E-state index contributed by atoms with van der Waals surface area (Å²) in [5.74, 6) is -0.0994. The molecule has 0 aliphatic carbocycles. The third-order valence-electron chi connectivity index (χ3n) is 3.33. The number of carbonyl (C=O) groups excluding carboxylic acids is 1. The Hall–Kier alpha value is -1.10. The molecule has 1 aromatic rings. The van der Waals surface area contributed by atoms with Crippen molar-refractivity contribution in [2.24, 2.45) is 0 Å². The van der Waals surface area contributed by atoms with Crippen LogP contribution in [-0.2, 0) is 4.74 Å². The fraction of sp³-hybridized carbons (Fsp3) is 0.500. The Labute approximate surface area is 118 Å². The predicted molar refractivity (Wildman–Crippen MR) is 74.9 cm³/mol. The van der Waals surface area contributed by atoms with Gasteiger partial charge in [0, 0.05) is 0 Å². The summed E-state index contributed by atoms with van der Waals surface area (Å²) < 4.78 is 5.30. The quantitative estimate of drug-likeness (QED) is 0.834. The van der Waals surface area contributed by atoms with Crippen LogP contribution in [0.5, 0.6) is 0 Å². The van der Waals surface area contributed by atoms with E-state index in [0.29, 0.717) is 17.1 Å². The topological polar surface area (TPSA) is 42.8 Å². The van der Waals surface area contributed by atoms with Gasteiger partial charge in [0.25, 0.3) is 5.91 Å². The maximum absolute atomic E-state index is 12.0. The normalized spacial score (nSPS) is 16.3. The van der Waals surface area contributed by atoms with Crippen molar-refractivity contribution in [3.63, 3.8) is 0 Å². The monoisotopic (exact) mass is 283 g/mol. The Morgan fingerprint density at radius 2 is 2.16 bits per heavy atom. The molecule has 0 aromatic heterocycles. The highest BCUT2D eigenvalue weighted by molar-refractivity contribution is 6.33. The van der Waals surface area contributed by atoms with E-state index in [1.54, 1.807) is 6.07 Å². The molecule has 0 bridgehead atoms. The predicted octanol–water partition coefficient (Wildman–Crippen LogP) is 0.293. The molecule has 0 saturated carbocycles. The van der Waals surface area contributed by atoms with E-state index in [2.05, 4.69) is 5.32 Å². The molecule has 104 valence electrons. The van der Waals surface area contributed by atoms with Gasteiger partial charge in [0.15, 0.2) is 0 Å². The summed E-state index contributed by atoms with van der Waals surface area (Å²) in [5.41, 5.74) is 1.60. The highest BCUT2D eigenvalue weighted by atomic mass is 35.5. The third kappa shape index (κ3) is 4.20. The molecule has 2 N–H and O–H groups in total. The number of nitrogens with one attached hydrogen (secondary N) is 2. The minimum atomic E-state index is -0.0994. The van der Waals surface area contributed by atoms with Crippen LogP contribution in [0, 0.1) is 6.92 Å². The van der Waals surface area contributed by atoms with Crippen LogP contribution in [-0.4, -0.2) is 45.3 Å². The van der Waals surface area contributed by atoms with Crippen LogP contribution in [0.4, 0.5) is 0 Å². The summed E-state index contributed by atoms with van der Waals surface area (Å²) in [7, 11) is 0. The summed E-state index contributed by atoms with van der Waals surface area (Å²) in [5, 5.41) is 3.43. The minimum Gasteiger partial charge on any atom is -0.370 e. The summed E-state index contributed by atoms with van der Waals surface area (Å²) in [4.78, 5) is 13.5. The molecule has 1 aliphatic rings. The second-order valence-electron chi connectivity index (χ2n) is 4.85. The van der Waals surface area contributed by atoms with Gasteiger partial charge in [-0.3, -0.25) is 4.79 Å². The fourth-order valence-corrected chi connectivity index (χ4v) is 2.48. The van der Waals surface area contributed by atoms with Gasteiger partial charge in [0.2, 0.25) is 0 Å². The number of hydrogen-bond donors (Lipinski definition) is 2. The van der Waals surface area contributed by atoms with E-state index in [1.165, 1.54) is 4.90 Å². The number of ether oxygens (including phenoxy) is 1. The lowest BCUT2D eigenvalue weighted by Crippen LogP contribution is -3.14. The zero-order valence-corrected chi connectivity index (χ0v) is 11.9. The van der Waals surface area contributed by atoms with Gasteiger partial charge in [0.1, 0.15) is 13.1 Å². The van der Waals surface area contributed by atoms with Crippen LogP contribution in [0.25, 0.3) is 0 Å². The summed E-state index contributed by atoms with van der Waals surface area (Å²) >= 11 is 6.07. The molecule has 1 aromatic carbocycles. The molecule has 1 heterocycles. The molecule has 1 aliphatic heterocycles. The summed E-state index contributed by atoms with van der Waals surface area (Å²) in [6.07, 6.45) is 0. The van der Waals surface area contributed by atoms with Gasteiger partial charge in [-0.1, -0.05) is 17.7 Å². The van der Waals surface area contributed by atoms with Gasteiger partial charge in [-0.15, -0.1) is 0 Å². The molecule has 0 radical (unpaired) electrons. The SMILES string of the molecule is Cc1ccc(C(=O)NCC[NH+]2CCOCC2)c(Cl)c1. The van der Waals surface area contributed by atoms with Crippen LogP contribution in [0.3, 0.4) is 0 Å². The molecule has 0 spiro atoms. The molecule has 4 nitrogen and oxygen atoms in total. The van der Waals surface area contributed by atoms with Crippen molar-refractivity contribution in [3.05, 3.63) is 34.3 Å². The molecular weight excluding hydrogens is 264 g/mol. The van der Waals surface area contributed by atoms with Crippen molar-refractivity contribution in [1.82, 2.24) is 5.32 Å². The first-order valence-corrected chi connectivity index (χ1v) is 7.00. The van der Waals surface area contributed by atoms with Crippen molar-refractivity contribution < 1.29 is 14.4 Å². The van der Waals surface area contributed by atoms with Crippen LogP contribution < -0.4 is 10.2 Å². The Morgan fingerprint density at radius 3 is 2.84 bits per heavy atom. The van der Waals surface area contributed by atoms with E-state index in [4.69, 9.17) is 16.3 Å². The molecular formula is C14H20ClN2O2+. The zero-order chi connectivity index (χ0) is 13.7. The van der Waals surface area contributed by atoms with Crippen molar-refractivity contribution in [2.45, 2.75) is 6.92 Å². The minimum absolute atomic E-state index is 0.0994. The molecule has 0 atom stereocenters. The average molecular weight is 284 g/mol. The maximum atomic E-state index is 12.0. The van der Waals surface area contributed by atoms with Crippen molar-refractivity contribution in [1.29, 1.82) is 0 Å². The summed E-state index contributed by atoms with van der Waals surface area (Å²) in [6, 6.07) is 5.48. The number of aryl methyl sites for hydroxylation is 1. The van der Waals surface area contributed by atoms with E-state index >= 15 is 0 Å². The molecule has 1 saturated heterocycles. The Morgan fingerprint density at radius 1 is 1.42 bits per heavy atom. The molecule has 0 unspecified atom stereocenters. The number of benzene rings is 1. The molecule has 1 amide bonds. The third-order valence-corrected chi connectivity index (χ3v) is 3.65. The van der Waals surface area contributed by atoms with Crippen molar-refractivity contribution >= 4 is 17.5 Å². The molecule has 5 heteroatoms. The first-order valence-electron chi connectivity index (χ1n) is 6.62. The average Bonchev–Trinajstić information content (AvgIpc) is 2.39. The molecule has 2 rings (SSSR count). The number of amides is 1. The van der Waals surface area contributed by atoms with Gasteiger partial charge in [0.05, 0.1) is 36.9 Å². The molecule has 1 fully saturated rings. The first kappa shape index (κ1) is 14.3. The Balaban J connectivity index is 1.80. The molecule has 19 heavy (non-hydrogen) atoms. The van der Waals surface area contributed by atoms with E-state index < -0.39 is 0 Å². The second kappa shape index (κ2) is 6.89. The lowest BCUT2D eigenvalue weighted by atomic mass is 10.1. The zero-order valence-electron chi connectivity index (χ0n) is 11.2. The summed E-state index contributed by atoms with van der Waals surface area (Å²) in [6.45, 7) is 7.20. The number of carbonyl (C=O) groups is 1. The van der Waals surface area contributed by atoms with E-state index in [-0.39, 0.29) is 5.91 Å². The van der Waals surface area contributed by atoms with Gasteiger partial charge in [-0.2, -0.15) is 0 Å². The Kier molecular flexibility index (Phi) is 5.19. The van der Waals surface area contributed by atoms with E-state index in [0.717, 1.165) is 38.4 Å². The lowest BCUT2D eigenvalue weighted by Gasteiger charge is -2.23. The highest BCUT2D eigenvalue weighted by Gasteiger charge is 2.14. The number of quaternary nitrogens is 1. The number of rotatable bonds is 4. The smallest absolute Gasteiger partial charge is 0.253 e. The second-order valence-corrected chi connectivity index (χ2v) is 5.26. The van der Waals surface area contributed by atoms with Crippen LogP contribution >= 0.6 is 11.6 Å².